The van der Waals surface area contributed by atoms with E-state index in [1.54, 1.807) is 0 Å². The number of hydrogen-bond donors (Lipinski definition) is 1. The van der Waals surface area contributed by atoms with E-state index in [1.807, 2.05) is 0 Å². The molecular formula is HClFeO3S. The topological polar surface area (TPSA) is 54.4 Å². The van der Waals surface area contributed by atoms with Crippen LogP contribution in [0.1, 0.15) is 0 Å². The fraction of sp³-hybridized carbons (Fsp3) is 0. The maximum Gasteiger partial charge on any atom is 0.353 e. The smallest absolute Gasteiger partial charge is 0.273 e. The summed E-state index contributed by atoms with van der Waals surface area (Å²) in [6.07, 6.45) is 0. The molecule has 0 aliphatic rings. The summed E-state index contributed by atoms with van der Waals surface area (Å²) >= 11 is 0. The van der Waals surface area contributed by atoms with Gasteiger partial charge in [-0.25, -0.2) is 0 Å². The molecule has 3 nitrogen and oxygen atoms in total. The minimum Gasteiger partial charge on any atom is -0.273 e. The van der Waals surface area contributed by atoms with E-state index in [4.69, 9.17) is 13.0 Å². The summed E-state index contributed by atoms with van der Waals surface area (Å²) in [5.74, 6) is 0. The number of rotatable bonds is 0. The van der Waals surface area contributed by atoms with Crippen LogP contribution >= 0.6 is 10.7 Å². The molecule has 0 aromatic carbocycles. The van der Waals surface area contributed by atoms with Crippen LogP contribution in [0.4, 0.5) is 0 Å². The minimum atomic E-state index is -4.19. The van der Waals surface area contributed by atoms with Gasteiger partial charge in [0.15, 0.2) is 0 Å². The molecule has 0 aliphatic carbocycles. The van der Waals surface area contributed by atoms with E-state index in [0.29, 0.717) is 0 Å². The standard InChI is InChI=1S/ClHO3S.Fe/c1-5(2,3)4;/h(H,2,3,4);. The van der Waals surface area contributed by atoms with E-state index in [1.165, 1.54) is 0 Å². The summed E-state index contributed by atoms with van der Waals surface area (Å²) < 4.78 is 25.2. The monoisotopic (exact) mass is 172 g/mol. The van der Waals surface area contributed by atoms with Gasteiger partial charge in [-0.1, -0.05) is 0 Å². The Hall–Kier alpha value is 0.719. The van der Waals surface area contributed by atoms with Crippen molar-refractivity contribution in [2.24, 2.45) is 0 Å². The molecule has 0 heterocycles. The predicted octanol–water partition coefficient (Wildman–Crippen LogP) is 0.0255. The number of hydrogen-bond acceptors (Lipinski definition) is 2. The first kappa shape index (κ1) is 9.87. The third-order valence-corrected chi connectivity index (χ3v) is 0. The van der Waals surface area contributed by atoms with Gasteiger partial charge in [-0.05, 0) is 0 Å². The van der Waals surface area contributed by atoms with Crippen molar-refractivity contribution in [2.45, 2.75) is 0 Å². The first-order valence-corrected chi connectivity index (χ1v) is 2.94. The van der Waals surface area contributed by atoms with Crippen molar-refractivity contribution in [2.75, 3.05) is 0 Å². The van der Waals surface area contributed by atoms with Crippen LogP contribution in [0.25, 0.3) is 0 Å². The zero-order chi connectivity index (χ0) is 4.50. The van der Waals surface area contributed by atoms with Crippen LogP contribution in [0.2, 0.25) is 0 Å². The molecule has 0 aromatic heterocycles. The second kappa shape index (κ2) is 2.82. The van der Waals surface area contributed by atoms with Crippen LogP contribution in [0.15, 0.2) is 0 Å². The molecule has 6 heavy (non-hydrogen) atoms. The van der Waals surface area contributed by atoms with Crippen LogP contribution in [0.3, 0.4) is 0 Å². The van der Waals surface area contributed by atoms with Crippen molar-refractivity contribution in [3.05, 3.63) is 0 Å². The fourth-order valence-corrected chi connectivity index (χ4v) is 0. The van der Waals surface area contributed by atoms with Crippen molar-refractivity contribution < 1.29 is 30.0 Å². The van der Waals surface area contributed by atoms with Gasteiger partial charge in [-0.15, -0.1) is 0 Å². The van der Waals surface area contributed by atoms with Crippen molar-refractivity contribution in [3.63, 3.8) is 0 Å². The molecule has 0 saturated heterocycles. The van der Waals surface area contributed by atoms with Gasteiger partial charge in [0.2, 0.25) is 0 Å². The quantitative estimate of drug-likeness (QED) is 0.318. The molecule has 1 N–H and O–H groups in total. The maximum absolute atomic E-state index is 8.95. The summed E-state index contributed by atoms with van der Waals surface area (Å²) in [6.45, 7) is 0. The Labute approximate surface area is 50.4 Å². The second-order valence-corrected chi connectivity index (χ2v) is 2.41. The van der Waals surface area contributed by atoms with E-state index >= 15 is 0 Å². The first-order chi connectivity index (χ1) is 2.00. The molecule has 0 unspecified atom stereocenters. The molecule has 0 atom stereocenters. The molecule has 0 rings (SSSR count). The van der Waals surface area contributed by atoms with Gasteiger partial charge in [0, 0.05) is 27.8 Å². The molecular weight excluding hydrogens is 171 g/mol. The van der Waals surface area contributed by atoms with Crippen LogP contribution in [-0.2, 0) is 26.4 Å². The van der Waals surface area contributed by atoms with Crippen molar-refractivity contribution in [1.82, 2.24) is 0 Å². The van der Waals surface area contributed by atoms with E-state index in [0.717, 1.165) is 0 Å². The third kappa shape index (κ3) is 126. The maximum atomic E-state index is 8.95. The van der Waals surface area contributed by atoms with Crippen molar-refractivity contribution in [1.29, 1.82) is 0 Å². The number of halogens is 1. The molecule has 0 spiro atoms. The Balaban J connectivity index is 0. The first-order valence-electron chi connectivity index (χ1n) is 0.670. The molecule has 0 saturated carbocycles. The van der Waals surface area contributed by atoms with E-state index < -0.39 is 9.33 Å². The van der Waals surface area contributed by atoms with Gasteiger partial charge in [0.05, 0.1) is 0 Å². The zero-order valence-corrected chi connectivity index (χ0v) is 5.08. The van der Waals surface area contributed by atoms with Gasteiger partial charge in [-0.3, -0.25) is 4.55 Å². The fourth-order valence-electron chi connectivity index (χ4n) is 0. The molecule has 0 fully saturated rings. The SMILES string of the molecule is O=S(=O)(O)Cl.[Fe]. The van der Waals surface area contributed by atoms with Gasteiger partial charge >= 0.3 is 9.33 Å². The van der Waals surface area contributed by atoms with Crippen LogP contribution < -0.4 is 0 Å². The third-order valence-electron chi connectivity index (χ3n) is 0. The average Bonchev–Trinajstić information content (AvgIpc) is 0.722. The van der Waals surface area contributed by atoms with Crippen LogP contribution in [0, 0.1) is 0 Å². The summed E-state index contributed by atoms with van der Waals surface area (Å²) in [4.78, 5) is 0. The van der Waals surface area contributed by atoms with Gasteiger partial charge in [0.1, 0.15) is 0 Å². The van der Waals surface area contributed by atoms with Gasteiger partial charge in [0.25, 0.3) is 0 Å². The minimum absolute atomic E-state index is 0. The normalized spacial score (nSPS) is 9.67. The Bertz CT molecular complexity index is 94.0. The van der Waals surface area contributed by atoms with Crippen molar-refractivity contribution >= 4 is 20.0 Å². The molecule has 40 valence electrons. The average molecular weight is 172 g/mol. The van der Waals surface area contributed by atoms with E-state index in [9.17, 15) is 0 Å². The summed E-state index contributed by atoms with van der Waals surface area (Å²) in [6, 6.07) is 0. The Kier molecular flexibility index (Phi) is 4.64. The predicted molar refractivity (Wildman–Crippen MR) is 17.4 cm³/mol. The summed E-state index contributed by atoms with van der Waals surface area (Å²) in [7, 11) is -0.137. The molecule has 0 aliphatic heterocycles. The summed E-state index contributed by atoms with van der Waals surface area (Å²) in [5, 5.41) is 0. The van der Waals surface area contributed by atoms with E-state index in [2.05, 4.69) is 10.7 Å². The molecule has 0 amide bonds. The van der Waals surface area contributed by atoms with E-state index in [-0.39, 0.29) is 17.1 Å². The van der Waals surface area contributed by atoms with Crippen LogP contribution in [-0.4, -0.2) is 13.0 Å². The molecule has 0 radical (unpaired) electrons. The van der Waals surface area contributed by atoms with Gasteiger partial charge in [-0.2, -0.15) is 8.42 Å². The van der Waals surface area contributed by atoms with Crippen molar-refractivity contribution in [3.8, 4) is 0 Å². The zero-order valence-electron chi connectivity index (χ0n) is 2.40. The Morgan fingerprint density at radius 3 is 1.50 bits per heavy atom. The molecule has 0 bridgehead atoms. The Morgan fingerprint density at radius 2 is 1.50 bits per heavy atom. The second-order valence-electron chi connectivity index (χ2n) is 0.412. The molecule has 0 aromatic rings. The Morgan fingerprint density at radius 1 is 1.50 bits per heavy atom. The van der Waals surface area contributed by atoms with Crippen LogP contribution in [0.5, 0.6) is 0 Å². The summed E-state index contributed by atoms with van der Waals surface area (Å²) in [5.41, 5.74) is 0. The molecule has 6 heteroatoms. The largest absolute Gasteiger partial charge is 0.353 e. The van der Waals surface area contributed by atoms with Gasteiger partial charge < -0.3 is 0 Å².